The van der Waals surface area contributed by atoms with Gasteiger partial charge in [-0.2, -0.15) is 0 Å². The zero-order valence-electron chi connectivity index (χ0n) is 15.7. The number of fused-ring (bicyclic) bond motifs is 1. The summed E-state index contributed by atoms with van der Waals surface area (Å²) in [6.45, 7) is 4.47. The molecule has 1 aromatic carbocycles. The van der Waals surface area contributed by atoms with Crippen LogP contribution in [-0.2, 0) is 6.42 Å². The second kappa shape index (κ2) is 7.48. The van der Waals surface area contributed by atoms with Crippen molar-refractivity contribution in [1.29, 1.82) is 0 Å². The van der Waals surface area contributed by atoms with E-state index in [1.54, 1.807) is 12.4 Å². The third kappa shape index (κ3) is 3.39. The molecule has 0 saturated heterocycles. The number of aryl methyl sites for hydroxylation is 2. The van der Waals surface area contributed by atoms with E-state index in [0.29, 0.717) is 17.3 Å². The molecule has 0 spiro atoms. The summed E-state index contributed by atoms with van der Waals surface area (Å²) in [5, 5.41) is 8.91. The van der Waals surface area contributed by atoms with Crippen LogP contribution < -0.4 is 11.1 Å². The van der Waals surface area contributed by atoms with E-state index in [4.69, 9.17) is 21.9 Å². The number of aromatic nitrogens is 3. The van der Waals surface area contributed by atoms with Crippen LogP contribution in [0.5, 0.6) is 0 Å². The number of nitrogens with two attached hydrogens (primary N) is 1. The van der Waals surface area contributed by atoms with Gasteiger partial charge in [0.2, 0.25) is 0 Å². The quantitative estimate of drug-likeness (QED) is 0.506. The molecule has 3 aromatic heterocycles. The summed E-state index contributed by atoms with van der Waals surface area (Å²) in [6, 6.07) is 9.74. The summed E-state index contributed by atoms with van der Waals surface area (Å²) in [5.74, 6) is 0.725. The van der Waals surface area contributed by atoms with Gasteiger partial charge >= 0.3 is 0 Å². The van der Waals surface area contributed by atoms with Crippen LogP contribution in [0.3, 0.4) is 0 Å². The maximum atomic E-state index is 6.62. The van der Waals surface area contributed by atoms with Crippen molar-refractivity contribution in [1.82, 2.24) is 15.1 Å². The van der Waals surface area contributed by atoms with Crippen molar-refractivity contribution in [3.63, 3.8) is 0 Å². The van der Waals surface area contributed by atoms with Crippen LogP contribution in [0.15, 0.2) is 47.2 Å². The van der Waals surface area contributed by atoms with Gasteiger partial charge in [0.15, 0.2) is 0 Å². The van der Waals surface area contributed by atoms with E-state index in [9.17, 15) is 0 Å². The lowest BCUT2D eigenvalue weighted by molar-refractivity contribution is 0.393. The Labute approximate surface area is 167 Å². The molecule has 3 heterocycles. The second-order valence-corrected chi connectivity index (χ2v) is 7.04. The minimum Gasteiger partial charge on any atom is -0.396 e. The summed E-state index contributed by atoms with van der Waals surface area (Å²) in [4.78, 5) is 8.84. The number of pyridine rings is 2. The maximum absolute atomic E-state index is 6.62. The van der Waals surface area contributed by atoms with Gasteiger partial charge in [-0.25, -0.2) is 0 Å². The Hall–Kier alpha value is -3.12. The Morgan fingerprint density at radius 1 is 1.18 bits per heavy atom. The van der Waals surface area contributed by atoms with Crippen LogP contribution in [0.2, 0.25) is 5.02 Å². The molecule has 0 aliphatic rings. The Morgan fingerprint density at radius 3 is 2.75 bits per heavy atom. The van der Waals surface area contributed by atoms with Crippen LogP contribution in [0.1, 0.15) is 17.1 Å². The minimum atomic E-state index is 0.578. The highest BCUT2D eigenvalue weighted by Crippen LogP contribution is 2.38. The fourth-order valence-electron chi connectivity index (χ4n) is 3.35. The fraction of sp³-hybridized carbons (Fsp3) is 0.190. The van der Waals surface area contributed by atoms with Crippen molar-refractivity contribution < 1.29 is 4.52 Å². The zero-order valence-corrected chi connectivity index (χ0v) is 16.4. The maximum Gasteiger partial charge on any atom is 0.141 e. The standard InChI is InChI=1S/C21H20ClN5O/c1-12-20(13(2)28-27-12)15-10-19-16(9-17(15)22)21(18(23)11-26-19)25-8-6-14-5-3-4-7-24-14/h3-5,7,9-11H,6,8,23H2,1-2H3,(H,25,26). The van der Waals surface area contributed by atoms with E-state index in [0.717, 1.165) is 51.3 Å². The van der Waals surface area contributed by atoms with E-state index in [1.807, 2.05) is 44.2 Å². The van der Waals surface area contributed by atoms with Gasteiger partial charge in [0, 0.05) is 46.4 Å². The fourth-order valence-corrected chi connectivity index (χ4v) is 3.60. The molecule has 3 N–H and O–H groups in total. The molecule has 7 heteroatoms. The summed E-state index contributed by atoms with van der Waals surface area (Å²) >= 11 is 6.62. The number of halogens is 1. The minimum absolute atomic E-state index is 0.578. The first-order chi connectivity index (χ1) is 13.5. The Balaban J connectivity index is 1.69. The van der Waals surface area contributed by atoms with Gasteiger partial charge in [-0.05, 0) is 38.1 Å². The molecular weight excluding hydrogens is 374 g/mol. The van der Waals surface area contributed by atoms with E-state index >= 15 is 0 Å². The molecule has 6 nitrogen and oxygen atoms in total. The van der Waals surface area contributed by atoms with Gasteiger partial charge < -0.3 is 15.6 Å². The van der Waals surface area contributed by atoms with Gasteiger partial charge in [-0.3, -0.25) is 9.97 Å². The lowest BCUT2D eigenvalue weighted by Crippen LogP contribution is -2.08. The molecule has 0 atom stereocenters. The van der Waals surface area contributed by atoms with E-state index < -0.39 is 0 Å². The largest absolute Gasteiger partial charge is 0.396 e. The number of rotatable bonds is 5. The highest BCUT2D eigenvalue weighted by molar-refractivity contribution is 6.34. The molecule has 0 unspecified atom stereocenters. The molecule has 0 bridgehead atoms. The topological polar surface area (TPSA) is 89.9 Å². The average molecular weight is 394 g/mol. The van der Waals surface area contributed by atoms with Crippen LogP contribution in [-0.4, -0.2) is 21.7 Å². The van der Waals surface area contributed by atoms with Crippen LogP contribution in [0.4, 0.5) is 11.4 Å². The van der Waals surface area contributed by atoms with Crippen LogP contribution >= 0.6 is 11.6 Å². The Kier molecular flexibility index (Phi) is 4.88. The number of nitrogens with one attached hydrogen (secondary N) is 1. The summed E-state index contributed by atoms with van der Waals surface area (Å²) in [6.07, 6.45) is 4.24. The first-order valence-electron chi connectivity index (χ1n) is 8.99. The lowest BCUT2D eigenvalue weighted by Gasteiger charge is -2.14. The number of nitrogens with zero attached hydrogens (tertiary/aromatic N) is 3. The molecular formula is C21H20ClN5O. The molecule has 0 radical (unpaired) electrons. The SMILES string of the molecule is Cc1noc(C)c1-c1cc2ncc(N)c(NCCc3ccccn3)c2cc1Cl. The molecule has 0 amide bonds. The first-order valence-corrected chi connectivity index (χ1v) is 9.37. The molecule has 0 saturated carbocycles. The monoisotopic (exact) mass is 393 g/mol. The number of hydrogen-bond donors (Lipinski definition) is 2. The van der Waals surface area contributed by atoms with Gasteiger partial charge in [0.25, 0.3) is 0 Å². The van der Waals surface area contributed by atoms with Crippen molar-refractivity contribution in [2.75, 3.05) is 17.6 Å². The highest BCUT2D eigenvalue weighted by Gasteiger charge is 2.17. The van der Waals surface area contributed by atoms with Gasteiger partial charge in [-0.1, -0.05) is 22.8 Å². The second-order valence-electron chi connectivity index (χ2n) is 6.63. The number of nitrogen functional groups attached to an aromatic ring is 1. The van der Waals surface area contributed by atoms with E-state index in [-0.39, 0.29) is 0 Å². The predicted octanol–water partition coefficient (Wildman–Crippen LogP) is 4.79. The molecule has 28 heavy (non-hydrogen) atoms. The van der Waals surface area contributed by atoms with Crippen LogP contribution in [0.25, 0.3) is 22.0 Å². The lowest BCUT2D eigenvalue weighted by atomic mass is 10.0. The molecule has 0 aliphatic heterocycles. The molecule has 4 aromatic rings. The number of anilines is 2. The van der Waals surface area contributed by atoms with E-state index in [1.165, 1.54) is 0 Å². The first kappa shape index (κ1) is 18.3. The highest BCUT2D eigenvalue weighted by atomic mass is 35.5. The van der Waals surface area contributed by atoms with Crippen molar-refractivity contribution in [3.05, 3.63) is 64.9 Å². The molecule has 0 fully saturated rings. The normalized spacial score (nSPS) is 11.1. The summed E-state index contributed by atoms with van der Waals surface area (Å²) < 4.78 is 5.29. The van der Waals surface area contributed by atoms with Gasteiger partial charge in [0.1, 0.15) is 5.76 Å². The zero-order chi connectivity index (χ0) is 19.7. The predicted molar refractivity (Wildman–Crippen MR) is 113 cm³/mol. The molecule has 142 valence electrons. The van der Waals surface area contributed by atoms with E-state index in [2.05, 4.69) is 20.4 Å². The van der Waals surface area contributed by atoms with Crippen molar-refractivity contribution in [3.8, 4) is 11.1 Å². The Morgan fingerprint density at radius 2 is 2.04 bits per heavy atom. The smallest absolute Gasteiger partial charge is 0.141 e. The van der Waals surface area contributed by atoms with Crippen molar-refractivity contribution in [2.24, 2.45) is 0 Å². The third-order valence-electron chi connectivity index (χ3n) is 4.70. The molecule has 0 aliphatic carbocycles. The van der Waals surface area contributed by atoms with Crippen LogP contribution in [0, 0.1) is 13.8 Å². The van der Waals surface area contributed by atoms with Gasteiger partial charge in [0.05, 0.1) is 28.8 Å². The third-order valence-corrected chi connectivity index (χ3v) is 5.01. The summed E-state index contributed by atoms with van der Waals surface area (Å²) in [7, 11) is 0. The Bertz CT molecular complexity index is 1120. The molecule has 4 rings (SSSR count). The number of benzene rings is 1. The van der Waals surface area contributed by atoms with Crippen molar-refractivity contribution in [2.45, 2.75) is 20.3 Å². The average Bonchev–Trinajstić information content (AvgIpc) is 3.02. The summed E-state index contributed by atoms with van der Waals surface area (Å²) in [5.41, 5.74) is 12.0. The van der Waals surface area contributed by atoms with Gasteiger partial charge in [-0.15, -0.1) is 0 Å². The van der Waals surface area contributed by atoms with Crippen molar-refractivity contribution >= 4 is 33.9 Å². The number of hydrogen-bond acceptors (Lipinski definition) is 6.